The maximum Gasteiger partial charge on any atom is 0.229 e. The lowest BCUT2D eigenvalue weighted by Gasteiger charge is -2.38. The lowest BCUT2D eigenvalue weighted by molar-refractivity contribution is -0.139. The van der Waals surface area contributed by atoms with Crippen molar-refractivity contribution in [1.82, 2.24) is 15.1 Å². The molecule has 1 atom stereocenters. The molecule has 5 rings (SSSR count). The van der Waals surface area contributed by atoms with Crippen LogP contribution in [0.15, 0.2) is 78.9 Å². The van der Waals surface area contributed by atoms with E-state index in [1.165, 1.54) is 0 Å². The van der Waals surface area contributed by atoms with E-state index in [4.69, 9.17) is 9.47 Å². The van der Waals surface area contributed by atoms with Crippen molar-refractivity contribution >= 4 is 11.8 Å². The molecule has 41 heavy (non-hydrogen) atoms. The van der Waals surface area contributed by atoms with Crippen molar-refractivity contribution in [2.24, 2.45) is 5.41 Å². The second-order valence-corrected chi connectivity index (χ2v) is 11.3. The van der Waals surface area contributed by atoms with E-state index < -0.39 is 0 Å². The van der Waals surface area contributed by atoms with Gasteiger partial charge in [0.1, 0.15) is 11.5 Å². The van der Waals surface area contributed by atoms with Gasteiger partial charge in [0.2, 0.25) is 11.8 Å². The monoisotopic (exact) mass is 555 g/mol. The molecule has 2 fully saturated rings. The van der Waals surface area contributed by atoms with Gasteiger partial charge in [-0.2, -0.15) is 0 Å². The second kappa shape index (κ2) is 13.2. The highest BCUT2D eigenvalue weighted by Crippen LogP contribution is 2.42. The van der Waals surface area contributed by atoms with Crippen molar-refractivity contribution in [2.45, 2.75) is 44.7 Å². The largest absolute Gasteiger partial charge is 0.497 e. The quantitative estimate of drug-likeness (QED) is 0.360. The number of methoxy groups -OCH3 is 2. The van der Waals surface area contributed by atoms with Gasteiger partial charge in [0, 0.05) is 19.6 Å². The molecule has 2 aliphatic rings. The molecule has 0 saturated carbocycles. The second-order valence-electron chi connectivity index (χ2n) is 11.3. The van der Waals surface area contributed by atoms with E-state index in [1.54, 1.807) is 14.2 Å². The van der Waals surface area contributed by atoms with Gasteiger partial charge in [-0.15, -0.1) is 0 Å². The highest BCUT2D eigenvalue weighted by molar-refractivity contribution is 5.85. The van der Waals surface area contributed by atoms with Crippen LogP contribution in [0.4, 0.5) is 0 Å². The molecule has 7 nitrogen and oxygen atoms in total. The maximum atomic E-state index is 13.5. The topological polar surface area (TPSA) is 71.1 Å². The van der Waals surface area contributed by atoms with Gasteiger partial charge in [-0.25, -0.2) is 0 Å². The van der Waals surface area contributed by atoms with E-state index in [9.17, 15) is 9.59 Å². The van der Waals surface area contributed by atoms with Crippen LogP contribution in [-0.2, 0) is 22.6 Å². The van der Waals surface area contributed by atoms with Gasteiger partial charge in [-0.05, 0) is 79.7 Å². The van der Waals surface area contributed by atoms with Crippen molar-refractivity contribution < 1.29 is 19.1 Å². The molecule has 1 unspecified atom stereocenters. The summed E-state index contributed by atoms with van der Waals surface area (Å²) in [5, 5.41) is 3.28. The van der Waals surface area contributed by atoms with Crippen LogP contribution in [0.1, 0.15) is 48.4 Å². The first-order chi connectivity index (χ1) is 20.0. The minimum absolute atomic E-state index is 0.00166. The van der Waals surface area contributed by atoms with Crippen molar-refractivity contribution in [2.75, 3.05) is 40.4 Å². The van der Waals surface area contributed by atoms with Gasteiger partial charge in [0.25, 0.3) is 0 Å². The number of carbonyl (C=O) groups is 2. The minimum atomic E-state index is -0.229. The summed E-state index contributed by atoms with van der Waals surface area (Å²) in [4.78, 5) is 31.0. The standard InChI is InChI=1S/C34H41N3O4/c1-40-29-13-11-26(12-14-29)25-37-22-18-34(33(37)39)16-20-36(21-17-34)19-15-31(28-8-4-3-5-9-28)35-32(38)24-27-7-6-10-30(23-27)41-2/h3-14,23,31H,15-22,24-25H2,1-2H3,(H,35,38). The summed E-state index contributed by atoms with van der Waals surface area (Å²) < 4.78 is 10.6. The Labute approximate surface area is 243 Å². The summed E-state index contributed by atoms with van der Waals surface area (Å²) in [6.07, 6.45) is 3.84. The van der Waals surface area contributed by atoms with Crippen molar-refractivity contribution in [1.29, 1.82) is 0 Å². The summed E-state index contributed by atoms with van der Waals surface area (Å²) >= 11 is 0. The third-order valence-corrected chi connectivity index (χ3v) is 8.72. The molecule has 216 valence electrons. The van der Waals surface area contributed by atoms with Gasteiger partial charge in [-0.3, -0.25) is 9.59 Å². The van der Waals surface area contributed by atoms with Crippen LogP contribution in [0.25, 0.3) is 0 Å². The van der Waals surface area contributed by atoms with Crippen LogP contribution < -0.4 is 14.8 Å². The number of nitrogens with one attached hydrogen (secondary N) is 1. The number of nitrogens with zero attached hydrogens (tertiary/aromatic N) is 2. The molecule has 2 aliphatic heterocycles. The number of amides is 2. The summed E-state index contributed by atoms with van der Waals surface area (Å²) in [5.74, 6) is 1.89. The molecule has 2 amide bonds. The normalized spacial score (nSPS) is 17.4. The Morgan fingerprint density at radius 2 is 1.56 bits per heavy atom. The van der Waals surface area contributed by atoms with Crippen LogP contribution in [0, 0.1) is 5.41 Å². The smallest absolute Gasteiger partial charge is 0.229 e. The zero-order valence-corrected chi connectivity index (χ0v) is 24.2. The fourth-order valence-electron chi connectivity index (χ4n) is 6.20. The third kappa shape index (κ3) is 7.09. The van der Waals surface area contributed by atoms with E-state index in [0.717, 1.165) is 80.1 Å². The Hall–Kier alpha value is -3.84. The minimum Gasteiger partial charge on any atom is -0.497 e. The molecular weight excluding hydrogens is 514 g/mol. The third-order valence-electron chi connectivity index (χ3n) is 8.72. The molecule has 3 aromatic carbocycles. The van der Waals surface area contributed by atoms with E-state index in [1.807, 2.05) is 71.6 Å². The average Bonchev–Trinajstić information content (AvgIpc) is 3.30. The summed E-state index contributed by atoms with van der Waals surface area (Å²) in [7, 11) is 3.30. The van der Waals surface area contributed by atoms with Crippen molar-refractivity contribution in [3.63, 3.8) is 0 Å². The van der Waals surface area contributed by atoms with E-state index in [0.29, 0.717) is 18.9 Å². The molecule has 2 heterocycles. The first-order valence-electron chi connectivity index (χ1n) is 14.6. The lowest BCUT2D eigenvalue weighted by atomic mass is 9.77. The summed E-state index contributed by atoms with van der Waals surface area (Å²) in [6, 6.07) is 25.8. The predicted molar refractivity (Wildman–Crippen MR) is 160 cm³/mol. The molecule has 0 aromatic heterocycles. The first kappa shape index (κ1) is 28.7. The van der Waals surface area contributed by atoms with Gasteiger partial charge in [0.15, 0.2) is 0 Å². The Morgan fingerprint density at radius 3 is 2.27 bits per heavy atom. The van der Waals surface area contributed by atoms with E-state index in [-0.39, 0.29) is 17.4 Å². The fraction of sp³-hybridized carbons (Fsp3) is 0.412. The molecule has 0 aliphatic carbocycles. The zero-order chi connectivity index (χ0) is 28.7. The molecule has 0 bridgehead atoms. The molecule has 7 heteroatoms. The van der Waals surface area contributed by atoms with Crippen molar-refractivity contribution in [3.8, 4) is 11.5 Å². The van der Waals surface area contributed by atoms with Gasteiger partial charge >= 0.3 is 0 Å². The molecule has 2 saturated heterocycles. The highest BCUT2D eigenvalue weighted by Gasteiger charge is 2.47. The van der Waals surface area contributed by atoms with Crippen molar-refractivity contribution in [3.05, 3.63) is 95.6 Å². The number of carbonyl (C=O) groups excluding carboxylic acids is 2. The summed E-state index contributed by atoms with van der Waals surface area (Å²) in [5.41, 5.74) is 2.94. The predicted octanol–water partition coefficient (Wildman–Crippen LogP) is 5.01. The Balaban J connectivity index is 1.14. The van der Waals surface area contributed by atoms with Crippen LogP contribution in [-0.4, -0.2) is 62.0 Å². The SMILES string of the molecule is COc1ccc(CN2CCC3(CCN(CCC(NC(=O)Cc4cccc(OC)c4)c4ccccc4)CC3)C2=O)cc1. The number of rotatable bonds is 11. The fourth-order valence-corrected chi connectivity index (χ4v) is 6.20. The number of ether oxygens (including phenoxy) is 2. The molecule has 1 N–H and O–H groups in total. The van der Waals surface area contributed by atoms with Crippen LogP contribution in [0.3, 0.4) is 0 Å². The van der Waals surface area contributed by atoms with Gasteiger partial charge < -0.3 is 24.6 Å². The molecule has 3 aromatic rings. The number of benzene rings is 3. The molecular formula is C34H41N3O4. The van der Waals surface area contributed by atoms with Gasteiger partial charge in [-0.1, -0.05) is 54.6 Å². The molecule has 1 spiro atoms. The average molecular weight is 556 g/mol. The Kier molecular flexibility index (Phi) is 9.24. The molecule has 0 radical (unpaired) electrons. The summed E-state index contributed by atoms with van der Waals surface area (Å²) in [6.45, 7) is 4.16. The lowest BCUT2D eigenvalue weighted by Crippen LogP contribution is -2.45. The zero-order valence-electron chi connectivity index (χ0n) is 24.2. The number of hydrogen-bond donors (Lipinski definition) is 1. The first-order valence-corrected chi connectivity index (χ1v) is 14.6. The number of piperidine rings is 1. The van der Waals surface area contributed by atoms with Crippen LogP contribution in [0.2, 0.25) is 0 Å². The highest BCUT2D eigenvalue weighted by atomic mass is 16.5. The Bertz CT molecular complexity index is 1300. The maximum absolute atomic E-state index is 13.5. The van der Waals surface area contributed by atoms with Gasteiger partial charge in [0.05, 0.1) is 32.1 Å². The van der Waals surface area contributed by atoms with Crippen LogP contribution in [0.5, 0.6) is 11.5 Å². The van der Waals surface area contributed by atoms with E-state index in [2.05, 4.69) is 22.3 Å². The number of likely N-dealkylation sites (tertiary alicyclic amines) is 2. The van der Waals surface area contributed by atoms with E-state index >= 15 is 0 Å². The number of hydrogen-bond acceptors (Lipinski definition) is 5. The Morgan fingerprint density at radius 1 is 0.854 bits per heavy atom. The van der Waals surface area contributed by atoms with Crippen LogP contribution >= 0.6 is 0 Å².